The van der Waals surface area contributed by atoms with Gasteiger partial charge in [-0.05, 0) is 79.7 Å². The number of halogens is 1. The summed E-state index contributed by atoms with van der Waals surface area (Å²) >= 11 is 3.58. The van der Waals surface area contributed by atoms with Crippen molar-refractivity contribution in [2.45, 2.75) is 45.1 Å². The van der Waals surface area contributed by atoms with Crippen LogP contribution in [0.4, 0.5) is 11.4 Å². The SMILES string of the molecule is O=C(Nc1cccc2c1C(=O)N(CC1CC1)C2)c1ccc(Br)cc1N1CCC2(CC1)CC2. The van der Waals surface area contributed by atoms with Crippen LogP contribution in [0.25, 0.3) is 0 Å². The lowest BCUT2D eigenvalue weighted by Crippen LogP contribution is -2.35. The molecule has 2 aliphatic heterocycles. The molecule has 0 unspecified atom stereocenters. The fourth-order valence-corrected chi connectivity index (χ4v) is 5.68. The van der Waals surface area contributed by atoms with E-state index in [0.29, 0.717) is 34.7 Å². The lowest BCUT2D eigenvalue weighted by Gasteiger charge is -2.35. The van der Waals surface area contributed by atoms with Crippen molar-refractivity contribution in [2.75, 3.05) is 29.9 Å². The largest absolute Gasteiger partial charge is 0.371 e. The molecular weight excluding hydrogens is 466 g/mol. The van der Waals surface area contributed by atoms with E-state index in [9.17, 15) is 9.59 Å². The summed E-state index contributed by atoms with van der Waals surface area (Å²) in [5, 5.41) is 3.08. The van der Waals surface area contributed by atoms with Gasteiger partial charge in [0, 0.05) is 30.7 Å². The maximum atomic E-state index is 13.4. The molecule has 6 rings (SSSR count). The van der Waals surface area contributed by atoms with E-state index in [4.69, 9.17) is 0 Å². The minimum absolute atomic E-state index is 0.0459. The van der Waals surface area contributed by atoms with Crippen molar-refractivity contribution in [3.63, 3.8) is 0 Å². The first-order valence-electron chi connectivity index (χ1n) is 11.8. The monoisotopic (exact) mass is 493 g/mol. The van der Waals surface area contributed by atoms with Gasteiger partial charge in [-0.1, -0.05) is 28.1 Å². The summed E-state index contributed by atoms with van der Waals surface area (Å²) in [4.78, 5) is 30.8. The molecule has 5 nitrogen and oxygen atoms in total. The second kappa shape index (κ2) is 7.62. The molecule has 1 spiro atoms. The standard InChI is InChI=1S/C26H28BrN3O2/c27-19-6-7-20(22(14-19)29-12-10-26(8-9-26)11-13-29)24(31)28-21-3-1-2-18-16-30(15-17-4-5-17)25(32)23(18)21/h1-3,6-7,14,17H,4-5,8-13,15-16H2,(H,28,31). The quantitative estimate of drug-likeness (QED) is 0.602. The number of carbonyl (C=O) groups is 2. The van der Waals surface area contributed by atoms with E-state index in [1.807, 2.05) is 35.2 Å². The molecule has 2 heterocycles. The molecule has 2 aromatic rings. The topological polar surface area (TPSA) is 52.7 Å². The van der Waals surface area contributed by atoms with Gasteiger partial charge >= 0.3 is 0 Å². The van der Waals surface area contributed by atoms with Crippen LogP contribution in [0.5, 0.6) is 0 Å². The summed E-state index contributed by atoms with van der Waals surface area (Å²) in [5.74, 6) is 0.543. The van der Waals surface area contributed by atoms with E-state index >= 15 is 0 Å². The summed E-state index contributed by atoms with van der Waals surface area (Å²) < 4.78 is 0.974. The molecule has 4 aliphatic rings. The number of carbonyl (C=O) groups excluding carboxylic acids is 2. The molecule has 2 aliphatic carbocycles. The van der Waals surface area contributed by atoms with Crippen LogP contribution in [0.1, 0.15) is 64.8 Å². The molecule has 3 fully saturated rings. The van der Waals surface area contributed by atoms with Gasteiger partial charge in [0.25, 0.3) is 11.8 Å². The Morgan fingerprint density at radius 2 is 1.88 bits per heavy atom. The zero-order valence-corrected chi connectivity index (χ0v) is 19.8. The summed E-state index contributed by atoms with van der Waals surface area (Å²) in [6, 6.07) is 11.7. The van der Waals surface area contributed by atoms with Crippen molar-refractivity contribution < 1.29 is 9.59 Å². The maximum absolute atomic E-state index is 13.4. The number of hydrogen-bond donors (Lipinski definition) is 1. The molecule has 0 radical (unpaired) electrons. The Balaban J connectivity index is 1.25. The van der Waals surface area contributed by atoms with Gasteiger partial charge < -0.3 is 15.1 Å². The van der Waals surface area contributed by atoms with Crippen LogP contribution in [0.3, 0.4) is 0 Å². The Bertz CT molecular complexity index is 1100. The summed E-state index contributed by atoms with van der Waals surface area (Å²) in [7, 11) is 0. The first-order chi connectivity index (χ1) is 15.5. The first-order valence-corrected chi connectivity index (χ1v) is 12.6. The Morgan fingerprint density at radius 3 is 2.59 bits per heavy atom. The highest BCUT2D eigenvalue weighted by Gasteiger charge is 2.44. The highest BCUT2D eigenvalue weighted by atomic mass is 79.9. The number of rotatable bonds is 5. The highest BCUT2D eigenvalue weighted by Crippen LogP contribution is 2.54. The van der Waals surface area contributed by atoms with Gasteiger partial charge in [0.15, 0.2) is 0 Å². The average molecular weight is 494 g/mol. The Hall–Kier alpha value is -2.34. The number of nitrogens with one attached hydrogen (secondary N) is 1. The van der Waals surface area contributed by atoms with Gasteiger partial charge in [-0.15, -0.1) is 0 Å². The van der Waals surface area contributed by atoms with Crippen LogP contribution in [0, 0.1) is 11.3 Å². The molecule has 2 amide bonds. The third-order valence-electron chi connectivity index (χ3n) is 7.76. The smallest absolute Gasteiger partial charge is 0.257 e. The Morgan fingerprint density at radius 1 is 1.09 bits per heavy atom. The predicted octanol–water partition coefficient (Wildman–Crippen LogP) is 5.45. The van der Waals surface area contributed by atoms with E-state index in [2.05, 4.69) is 32.2 Å². The van der Waals surface area contributed by atoms with Gasteiger partial charge in [0.2, 0.25) is 0 Å². The number of piperidine rings is 1. The number of amides is 2. The van der Waals surface area contributed by atoms with E-state index < -0.39 is 0 Å². The van der Waals surface area contributed by atoms with Crippen LogP contribution >= 0.6 is 15.9 Å². The molecule has 2 aromatic carbocycles. The maximum Gasteiger partial charge on any atom is 0.257 e. The normalized spacial score (nSPS) is 21.1. The lowest BCUT2D eigenvalue weighted by molar-refractivity contribution is 0.0772. The number of anilines is 2. The molecule has 166 valence electrons. The number of hydrogen-bond acceptors (Lipinski definition) is 3. The van der Waals surface area contributed by atoms with Crippen LogP contribution in [-0.4, -0.2) is 36.3 Å². The van der Waals surface area contributed by atoms with E-state index in [0.717, 1.165) is 35.4 Å². The molecule has 0 aromatic heterocycles. The van der Waals surface area contributed by atoms with Crippen molar-refractivity contribution >= 4 is 39.1 Å². The fraction of sp³-hybridized carbons (Fsp3) is 0.462. The summed E-state index contributed by atoms with van der Waals surface area (Å²) in [5.41, 5.74) is 4.52. The zero-order valence-electron chi connectivity index (χ0n) is 18.2. The predicted molar refractivity (Wildman–Crippen MR) is 129 cm³/mol. The zero-order chi connectivity index (χ0) is 21.9. The van der Waals surface area contributed by atoms with Gasteiger partial charge in [-0.3, -0.25) is 9.59 Å². The molecule has 2 saturated carbocycles. The van der Waals surface area contributed by atoms with Gasteiger partial charge in [-0.25, -0.2) is 0 Å². The van der Waals surface area contributed by atoms with Gasteiger partial charge in [-0.2, -0.15) is 0 Å². The van der Waals surface area contributed by atoms with Gasteiger partial charge in [0.05, 0.1) is 22.5 Å². The molecule has 0 bridgehead atoms. The van der Waals surface area contributed by atoms with Crippen molar-refractivity contribution in [2.24, 2.45) is 11.3 Å². The molecule has 1 N–H and O–H groups in total. The fourth-order valence-electron chi connectivity index (χ4n) is 5.33. The molecule has 6 heteroatoms. The number of benzene rings is 2. The third-order valence-corrected chi connectivity index (χ3v) is 8.26. The second-order valence-corrected chi connectivity index (χ2v) is 11.0. The minimum atomic E-state index is -0.152. The number of nitrogens with zero attached hydrogens (tertiary/aromatic N) is 2. The Kier molecular flexibility index (Phi) is 4.83. The minimum Gasteiger partial charge on any atom is -0.371 e. The van der Waals surface area contributed by atoms with Gasteiger partial charge in [0.1, 0.15) is 0 Å². The van der Waals surface area contributed by atoms with Crippen molar-refractivity contribution in [3.8, 4) is 0 Å². The first kappa shape index (κ1) is 20.3. The van der Waals surface area contributed by atoms with Crippen LogP contribution in [0.15, 0.2) is 40.9 Å². The van der Waals surface area contributed by atoms with Crippen LogP contribution in [0.2, 0.25) is 0 Å². The van der Waals surface area contributed by atoms with Crippen molar-refractivity contribution in [1.82, 2.24) is 4.90 Å². The lowest BCUT2D eigenvalue weighted by atomic mass is 9.93. The number of fused-ring (bicyclic) bond motifs is 1. The van der Waals surface area contributed by atoms with Crippen LogP contribution in [-0.2, 0) is 6.54 Å². The van der Waals surface area contributed by atoms with E-state index in [-0.39, 0.29) is 11.8 Å². The van der Waals surface area contributed by atoms with E-state index in [1.165, 1.54) is 38.5 Å². The summed E-state index contributed by atoms with van der Waals surface area (Å²) in [6.07, 6.45) is 7.56. The average Bonchev–Trinajstić information content (AvgIpc) is 3.71. The van der Waals surface area contributed by atoms with Crippen molar-refractivity contribution in [3.05, 3.63) is 57.6 Å². The summed E-state index contributed by atoms with van der Waals surface area (Å²) in [6.45, 7) is 3.46. The highest BCUT2D eigenvalue weighted by molar-refractivity contribution is 9.10. The van der Waals surface area contributed by atoms with E-state index in [1.54, 1.807) is 0 Å². The molecule has 32 heavy (non-hydrogen) atoms. The molecule has 1 saturated heterocycles. The second-order valence-electron chi connectivity index (χ2n) is 10.1. The third kappa shape index (κ3) is 3.72. The Labute approximate surface area is 197 Å². The molecular formula is C26H28BrN3O2. The van der Waals surface area contributed by atoms with Crippen molar-refractivity contribution in [1.29, 1.82) is 0 Å². The van der Waals surface area contributed by atoms with Crippen LogP contribution < -0.4 is 10.2 Å². The molecule has 0 atom stereocenters.